The summed E-state index contributed by atoms with van der Waals surface area (Å²) in [5.41, 5.74) is 0.367. The van der Waals surface area contributed by atoms with Crippen LogP contribution in [0.15, 0.2) is 0 Å². The van der Waals surface area contributed by atoms with Crippen LogP contribution < -0.4 is 4.90 Å². The molecule has 0 unspecified atom stereocenters. The van der Waals surface area contributed by atoms with Gasteiger partial charge in [-0.3, -0.25) is 0 Å². The second kappa shape index (κ2) is 4.91. The summed E-state index contributed by atoms with van der Waals surface area (Å²) < 4.78 is 41.0. The number of methoxy groups -OCH3 is 1. The lowest BCUT2D eigenvalue weighted by molar-refractivity contribution is -0.119. The Kier molecular flexibility index (Phi) is 3.97. The number of carbonyl (C=O) groups excluding carboxylic acids is 1. The van der Waals surface area contributed by atoms with Gasteiger partial charge < -0.3 is 9.64 Å². The summed E-state index contributed by atoms with van der Waals surface area (Å²) in [7, 11) is 2.48. The number of carbonyl (C=O) groups is 1. The molecule has 0 radical (unpaired) electrons. The van der Waals surface area contributed by atoms with Crippen LogP contribution in [-0.2, 0) is 4.74 Å². The molecule has 1 aromatic rings. The van der Waals surface area contributed by atoms with Crippen molar-refractivity contribution in [3.63, 3.8) is 0 Å². The first-order valence-corrected chi connectivity index (χ1v) is 5.40. The highest BCUT2D eigenvalue weighted by atomic mass is 32.1. The van der Waals surface area contributed by atoms with Crippen molar-refractivity contribution in [2.24, 2.45) is 0 Å². The van der Waals surface area contributed by atoms with E-state index in [1.165, 1.54) is 14.2 Å². The van der Waals surface area contributed by atoms with E-state index in [0.29, 0.717) is 5.69 Å². The highest BCUT2D eigenvalue weighted by molar-refractivity contribution is 7.17. The van der Waals surface area contributed by atoms with Gasteiger partial charge in [0.1, 0.15) is 11.4 Å². The predicted molar refractivity (Wildman–Crippen MR) is 57.5 cm³/mol. The topological polar surface area (TPSA) is 42.4 Å². The molecule has 1 rings (SSSR count). The molecule has 0 spiro atoms. The minimum Gasteiger partial charge on any atom is -0.465 e. The van der Waals surface area contributed by atoms with Crippen molar-refractivity contribution in [1.29, 1.82) is 0 Å². The van der Waals surface area contributed by atoms with Gasteiger partial charge in [-0.1, -0.05) is 11.3 Å². The maximum atomic E-state index is 12.2. The minimum atomic E-state index is -4.31. The Balaban J connectivity index is 2.90. The Hall–Kier alpha value is -1.31. The molecule has 0 saturated carbocycles. The average molecular weight is 268 g/mol. The normalized spacial score (nSPS) is 11.4. The summed E-state index contributed by atoms with van der Waals surface area (Å²) >= 11 is 0.881. The molecule has 0 N–H and O–H groups in total. The fourth-order valence-electron chi connectivity index (χ4n) is 1.16. The monoisotopic (exact) mass is 268 g/mol. The molecule has 17 heavy (non-hydrogen) atoms. The fraction of sp³-hybridized carbons (Fsp3) is 0.556. The van der Waals surface area contributed by atoms with Crippen LogP contribution in [0.25, 0.3) is 0 Å². The van der Waals surface area contributed by atoms with Crippen molar-refractivity contribution >= 4 is 22.4 Å². The van der Waals surface area contributed by atoms with Crippen molar-refractivity contribution in [3.8, 4) is 0 Å². The van der Waals surface area contributed by atoms with Gasteiger partial charge in [-0.2, -0.15) is 13.2 Å². The van der Waals surface area contributed by atoms with E-state index in [1.54, 1.807) is 6.92 Å². The number of aryl methyl sites for hydroxylation is 1. The molecule has 0 fully saturated rings. The van der Waals surface area contributed by atoms with Crippen molar-refractivity contribution in [3.05, 3.63) is 10.6 Å². The summed E-state index contributed by atoms with van der Waals surface area (Å²) in [4.78, 5) is 16.3. The smallest absolute Gasteiger partial charge is 0.405 e. The molecule has 0 aliphatic carbocycles. The maximum absolute atomic E-state index is 12.2. The number of ether oxygens (including phenoxy) is 1. The number of aromatic nitrogens is 1. The second-order valence-corrected chi connectivity index (χ2v) is 4.35. The van der Waals surface area contributed by atoms with Gasteiger partial charge in [0.05, 0.1) is 12.8 Å². The molecule has 8 heteroatoms. The highest BCUT2D eigenvalue weighted by Crippen LogP contribution is 2.28. The van der Waals surface area contributed by atoms with Crippen LogP contribution in [0.1, 0.15) is 15.4 Å². The molecule has 0 saturated heterocycles. The SMILES string of the molecule is COC(=O)c1sc(N(C)CC(F)(F)F)nc1C. The summed E-state index contributed by atoms with van der Waals surface area (Å²) in [6.07, 6.45) is -4.31. The molecule has 1 aromatic heterocycles. The summed E-state index contributed by atoms with van der Waals surface area (Å²) in [6, 6.07) is 0. The Morgan fingerprint density at radius 1 is 1.53 bits per heavy atom. The number of rotatable bonds is 3. The third kappa shape index (κ3) is 3.58. The molecule has 0 aliphatic heterocycles. The molecular formula is C9H11F3N2O2S. The van der Waals surface area contributed by atoms with Gasteiger partial charge in [-0.15, -0.1) is 0 Å². The standard InChI is InChI=1S/C9H11F3N2O2S/c1-5-6(7(15)16-3)17-8(13-5)14(2)4-9(10,11)12/h4H2,1-3H3. The minimum absolute atomic E-state index is 0.139. The van der Waals surface area contributed by atoms with E-state index in [-0.39, 0.29) is 10.0 Å². The van der Waals surface area contributed by atoms with Crippen LogP contribution in [0.4, 0.5) is 18.3 Å². The van der Waals surface area contributed by atoms with Gasteiger partial charge in [0.15, 0.2) is 5.13 Å². The molecule has 0 bridgehead atoms. The Morgan fingerprint density at radius 3 is 2.59 bits per heavy atom. The molecule has 4 nitrogen and oxygen atoms in total. The zero-order chi connectivity index (χ0) is 13.2. The molecule has 0 aliphatic rings. The van der Waals surface area contributed by atoms with Crippen molar-refractivity contribution in [2.75, 3.05) is 25.6 Å². The van der Waals surface area contributed by atoms with Gasteiger partial charge in [0.25, 0.3) is 0 Å². The second-order valence-electron chi connectivity index (χ2n) is 3.37. The van der Waals surface area contributed by atoms with Gasteiger partial charge in [-0.05, 0) is 6.92 Å². The molecule has 96 valence electrons. The Bertz CT molecular complexity index is 417. The summed E-state index contributed by atoms with van der Waals surface area (Å²) in [5, 5.41) is 0.139. The zero-order valence-corrected chi connectivity index (χ0v) is 10.3. The fourth-order valence-corrected chi connectivity index (χ4v) is 2.11. The predicted octanol–water partition coefficient (Wildman–Crippen LogP) is 2.24. The largest absolute Gasteiger partial charge is 0.465 e. The Labute approximate surface area is 100 Å². The van der Waals surface area contributed by atoms with E-state index in [0.717, 1.165) is 16.2 Å². The number of esters is 1. The highest BCUT2D eigenvalue weighted by Gasteiger charge is 2.31. The van der Waals surface area contributed by atoms with E-state index < -0.39 is 18.7 Å². The third-order valence-electron chi connectivity index (χ3n) is 1.90. The van der Waals surface area contributed by atoms with Crippen LogP contribution in [0.2, 0.25) is 0 Å². The lowest BCUT2D eigenvalue weighted by Gasteiger charge is -2.17. The van der Waals surface area contributed by atoms with Gasteiger partial charge in [0.2, 0.25) is 0 Å². The first-order chi connectivity index (χ1) is 7.74. The molecule has 1 heterocycles. The number of hydrogen-bond donors (Lipinski definition) is 0. The third-order valence-corrected chi connectivity index (χ3v) is 3.15. The maximum Gasteiger partial charge on any atom is 0.405 e. The van der Waals surface area contributed by atoms with E-state index in [2.05, 4.69) is 9.72 Å². The van der Waals surface area contributed by atoms with Crippen LogP contribution in [-0.4, -0.2) is 37.8 Å². The molecule has 0 atom stereocenters. The van der Waals surface area contributed by atoms with Crippen molar-refractivity contribution in [2.45, 2.75) is 13.1 Å². The molecule has 0 amide bonds. The van der Waals surface area contributed by atoms with Gasteiger partial charge >= 0.3 is 12.1 Å². The number of alkyl halides is 3. The van der Waals surface area contributed by atoms with E-state index in [4.69, 9.17) is 0 Å². The van der Waals surface area contributed by atoms with Crippen LogP contribution in [0, 0.1) is 6.92 Å². The van der Waals surface area contributed by atoms with E-state index >= 15 is 0 Å². The lowest BCUT2D eigenvalue weighted by atomic mass is 10.4. The van der Waals surface area contributed by atoms with Crippen LogP contribution in [0.3, 0.4) is 0 Å². The van der Waals surface area contributed by atoms with E-state index in [9.17, 15) is 18.0 Å². The summed E-state index contributed by atoms with van der Waals surface area (Å²) in [6.45, 7) is 0.439. The first kappa shape index (κ1) is 13.8. The quantitative estimate of drug-likeness (QED) is 0.788. The first-order valence-electron chi connectivity index (χ1n) is 4.58. The van der Waals surface area contributed by atoms with Gasteiger partial charge in [-0.25, -0.2) is 9.78 Å². The number of nitrogens with zero attached hydrogens (tertiary/aromatic N) is 2. The number of hydrogen-bond acceptors (Lipinski definition) is 5. The molecular weight excluding hydrogens is 257 g/mol. The van der Waals surface area contributed by atoms with Gasteiger partial charge in [0, 0.05) is 7.05 Å². The number of anilines is 1. The Morgan fingerprint density at radius 2 is 2.12 bits per heavy atom. The zero-order valence-electron chi connectivity index (χ0n) is 9.46. The molecule has 0 aromatic carbocycles. The number of thiazole rings is 1. The number of halogens is 3. The summed E-state index contributed by atoms with van der Waals surface area (Å²) in [5.74, 6) is -0.591. The average Bonchev–Trinajstić information content (AvgIpc) is 2.57. The van der Waals surface area contributed by atoms with E-state index in [1.807, 2.05) is 0 Å². The van der Waals surface area contributed by atoms with Crippen molar-refractivity contribution in [1.82, 2.24) is 4.98 Å². The lowest BCUT2D eigenvalue weighted by Crippen LogP contribution is -2.30. The van der Waals surface area contributed by atoms with Crippen LogP contribution in [0.5, 0.6) is 0 Å². The van der Waals surface area contributed by atoms with Crippen molar-refractivity contribution < 1.29 is 22.7 Å². The van der Waals surface area contributed by atoms with Crippen LogP contribution >= 0.6 is 11.3 Å².